The zero-order valence-electron chi connectivity index (χ0n) is 13.5. The van der Waals surface area contributed by atoms with Crippen molar-refractivity contribution in [3.8, 4) is 5.75 Å². The van der Waals surface area contributed by atoms with E-state index in [1.54, 1.807) is 25.1 Å². The lowest BCUT2D eigenvalue weighted by Gasteiger charge is -2.07. The number of ether oxygens (including phenoxy) is 1. The molecule has 0 aliphatic rings. The molecule has 126 valence electrons. The number of para-hydroxylation sites is 1. The van der Waals surface area contributed by atoms with Crippen molar-refractivity contribution in [1.29, 1.82) is 0 Å². The Morgan fingerprint density at radius 1 is 1.12 bits per heavy atom. The van der Waals surface area contributed by atoms with Crippen molar-refractivity contribution in [2.24, 2.45) is 0 Å². The lowest BCUT2D eigenvalue weighted by atomic mass is 10.1. The van der Waals surface area contributed by atoms with E-state index >= 15 is 0 Å². The van der Waals surface area contributed by atoms with Crippen LogP contribution in [0.15, 0.2) is 48.5 Å². The van der Waals surface area contributed by atoms with Gasteiger partial charge in [-0.05, 0) is 35.9 Å². The Hall–Kier alpha value is -2.36. The molecule has 0 radical (unpaired) electrons. The minimum Gasteiger partial charge on any atom is -0.424 e. The van der Waals surface area contributed by atoms with Crippen LogP contribution in [0, 0.1) is 0 Å². The maximum atomic E-state index is 11.6. The second kappa shape index (κ2) is 7.68. The highest BCUT2D eigenvalue weighted by atomic mass is 35.5. The predicted molar refractivity (Wildman–Crippen MR) is 103 cm³/mol. The molecule has 0 fully saturated rings. The van der Waals surface area contributed by atoms with Crippen LogP contribution < -0.4 is 4.74 Å². The topological polar surface area (TPSA) is 39.2 Å². The number of nitrogens with zero attached hydrogens (tertiary/aromatic N) is 1. The molecule has 3 nitrogen and oxygen atoms in total. The van der Waals surface area contributed by atoms with E-state index in [1.165, 1.54) is 0 Å². The first kappa shape index (κ1) is 17.5. The fraction of sp³-hybridized carbons (Fsp3) is 0.100. The van der Waals surface area contributed by atoms with E-state index in [2.05, 4.69) is 4.98 Å². The number of rotatable bonds is 4. The summed E-state index contributed by atoms with van der Waals surface area (Å²) in [4.78, 5) is 16.2. The number of carbonyl (C=O) groups excluding carboxylic acids is 1. The quantitative estimate of drug-likeness (QED) is 0.415. The van der Waals surface area contributed by atoms with E-state index in [0.717, 1.165) is 16.6 Å². The number of carbonyl (C=O) groups is 1. The second-order valence-electron chi connectivity index (χ2n) is 5.39. The highest BCUT2D eigenvalue weighted by Gasteiger charge is 2.08. The van der Waals surface area contributed by atoms with E-state index in [1.807, 2.05) is 42.5 Å². The molecule has 0 aliphatic heterocycles. The fourth-order valence-corrected chi connectivity index (χ4v) is 2.79. The van der Waals surface area contributed by atoms with Gasteiger partial charge in [0.05, 0.1) is 5.69 Å². The van der Waals surface area contributed by atoms with Crippen molar-refractivity contribution in [1.82, 2.24) is 4.98 Å². The lowest BCUT2D eigenvalue weighted by molar-refractivity contribution is -0.133. The Balaban J connectivity index is 1.95. The molecule has 3 rings (SSSR count). The number of esters is 1. The molecule has 0 unspecified atom stereocenters. The third-order valence-corrected chi connectivity index (χ3v) is 4.18. The Morgan fingerprint density at radius 2 is 1.96 bits per heavy atom. The average Bonchev–Trinajstić information content (AvgIpc) is 2.61. The van der Waals surface area contributed by atoms with E-state index in [0.29, 0.717) is 27.7 Å². The van der Waals surface area contributed by atoms with Crippen molar-refractivity contribution in [2.45, 2.75) is 13.3 Å². The van der Waals surface area contributed by atoms with Gasteiger partial charge >= 0.3 is 5.97 Å². The molecule has 0 aliphatic carbocycles. The molecule has 5 heteroatoms. The van der Waals surface area contributed by atoms with Crippen molar-refractivity contribution < 1.29 is 9.53 Å². The van der Waals surface area contributed by atoms with Crippen molar-refractivity contribution in [3.63, 3.8) is 0 Å². The van der Waals surface area contributed by atoms with Crippen LogP contribution in [0.4, 0.5) is 0 Å². The first-order valence-electron chi connectivity index (χ1n) is 7.80. The van der Waals surface area contributed by atoms with Gasteiger partial charge in [-0.3, -0.25) is 4.79 Å². The summed E-state index contributed by atoms with van der Waals surface area (Å²) in [6.07, 6.45) is 4.03. The van der Waals surface area contributed by atoms with Crippen LogP contribution in [0.2, 0.25) is 10.0 Å². The first-order valence-corrected chi connectivity index (χ1v) is 8.56. The highest BCUT2D eigenvalue weighted by Crippen LogP contribution is 2.26. The number of benzene rings is 2. The van der Waals surface area contributed by atoms with E-state index < -0.39 is 0 Å². The predicted octanol–water partition coefficient (Wildman–Crippen LogP) is 6.03. The number of hydrogen-bond donors (Lipinski definition) is 0. The summed E-state index contributed by atoms with van der Waals surface area (Å²) in [5.41, 5.74) is 2.23. The first-order chi connectivity index (χ1) is 12.1. The number of fused-ring (bicyclic) bond motifs is 1. The number of hydrogen-bond acceptors (Lipinski definition) is 3. The summed E-state index contributed by atoms with van der Waals surface area (Å²) in [5.74, 6) is 0.173. The molecule has 0 saturated carbocycles. The van der Waals surface area contributed by atoms with Gasteiger partial charge in [-0.2, -0.15) is 0 Å². The summed E-state index contributed by atoms with van der Waals surface area (Å²) < 4.78 is 5.37. The minimum absolute atomic E-state index is 0.289. The fourth-order valence-electron chi connectivity index (χ4n) is 2.32. The van der Waals surface area contributed by atoms with Gasteiger partial charge in [-0.15, -0.1) is 0 Å². The number of halogens is 2. The Bertz CT molecular complexity index is 967. The van der Waals surface area contributed by atoms with Crippen LogP contribution in [-0.2, 0) is 4.79 Å². The van der Waals surface area contributed by atoms with Gasteiger partial charge in [0, 0.05) is 21.9 Å². The van der Waals surface area contributed by atoms with Crippen LogP contribution in [0.3, 0.4) is 0 Å². The van der Waals surface area contributed by atoms with Gasteiger partial charge in [-0.1, -0.05) is 60.5 Å². The van der Waals surface area contributed by atoms with Gasteiger partial charge in [0.2, 0.25) is 0 Å². The molecule has 3 aromatic rings. The van der Waals surface area contributed by atoms with Gasteiger partial charge in [0.25, 0.3) is 0 Å². The molecule has 1 aromatic heterocycles. The lowest BCUT2D eigenvalue weighted by Crippen LogP contribution is -2.06. The van der Waals surface area contributed by atoms with Gasteiger partial charge in [0.15, 0.2) is 5.75 Å². The van der Waals surface area contributed by atoms with Crippen LogP contribution in [0.25, 0.3) is 23.1 Å². The van der Waals surface area contributed by atoms with E-state index in [4.69, 9.17) is 27.9 Å². The maximum Gasteiger partial charge on any atom is 0.310 e. The molecular weight excluding hydrogens is 357 g/mol. The summed E-state index contributed by atoms with van der Waals surface area (Å²) >= 11 is 12.1. The molecule has 0 spiro atoms. The van der Waals surface area contributed by atoms with Crippen LogP contribution in [0.1, 0.15) is 24.6 Å². The van der Waals surface area contributed by atoms with Gasteiger partial charge < -0.3 is 4.74 Å². The highest BCUT2D eigenvalue weighted by molar-refractivity contribution is 6.35. The van der Waals surface area contributed by atoms with Crippen LogP contribution in [0.5, 0.6) is 5.75 Å². The Kier molecular flexibility index (Phi) is 5.37. The van der Waals surface area contributed by atoms with Crippen molar-refractivity contribution in [2.75, 3.05) is 0 Å². The molecule has 0 bridgehead atoms. The minimum atomic E-state index is -0.289. The molecule has 0 saturated heterocycles. The largest absolute Gasteiger partial charge is 0.424 e. The molecule has 25 heavy (non-hydrogen) atoms. The maximum absolute atomic E-state index is 11.6. The van der Waals surface area contributed by atoms with Crippen LogP contribution in [-0.4, -0.2) is 11.0 Å². The summed E-state index contributed by atoms with van der Waals surface area (Å²) in [5, 5.41) is 2.07. The summed E-state index contributed by atoms with van der Waals surface area (Å²) in [7, 11) is 0. The molecule has 2 aromatic carbocycles. The van der Waals surface area contributed by atoms with Crippen LogP contribution >= 0.6 is 23.2 Å². The normalized spacial score (nSPS) is 11.2. The average molecular weight is 372 g/mol. The van der Waals surface area contributed by atoms with Gasteiger partial charge in [-0.25, -0.2) is 4.98 Å². The zero-order chi connectivity index (χ0) is 17.8. The third-order valence-electron chi connectivity index (χ3n) is 3.61. The van der Waals surface area contributed by atoms with Crippen molar-refractivity contribution >= 4 is 52.2 Å². The SMILES string of the molecule is CCC(=O)Oc1cccc2ccc(C=Cc3ccc(Cl)cc3Cl)nc12. The molecular formula is C20H15Cl2NO2. The smallest absolute Gasteiger partial charge is 0.310 e. The standard InChI is InChI=1S/C20H15Cl2NO2/c1-2-19(24)25-18-5-3-4-14-8-11-16(23-20(14)18)10-7-13-6-9-15(21)12-17(13)22/h3-12H,2H2,1H3. The molecule has 0 N–H and O–H groups in total. The Morgan fingerprint density at radius 3 is 2.72 bits per heavy atom. The number of pyridine rings is 1. The molecule has 0 atom stereocenters. The van der Waals surface area contributed by atoms with Crippen molar-refractivity contribution in [3.05, 3.63) is 69.8 Å². The molecule has 1 heterocycles. The summed E-state index contributed by atoms with van der Waals surface area (Å²) in [6, 6.07) is 14.7. The van der Waals surface area contributed by atoms with E-state index in [-0.39, 0.29) is 5.97 Å². The monoisotopic (exact) mass is 371 g/mol. The molecule has 0 amide bonds. The van der Waals surface area contributed by atoms with E-state index in [9.17, 15) is 4.79 Å². The Labute approximate surface area is 155 Å². The zero-order valence-corrected chi connectivity index (χ0v) is 15.0. The summed E-state index contributed by atoms with van der Waals surface area (Å²) in [6.45, 7) is 1.75. The second-order valence-corrected chi connectivity index (χ2v) is 6.23. The number of aromatic nitrogens is 1. The third kappa shape index (κ3) is 4.19. The van der Waals surface area contributed by atoms with Gasteiger partial charge in [0.1, 0.15) is 5.52 Å².